The van der Waals surface area contributed by atoms with E-state index in [4.69, 9.17) is 5.11 Å². The lowest BCUT2D eigenvalue weighted by atomic mass is 10.2. The van der Waals surface area contributed by atoms with Gasteiger partial charge in [0.1, 0.15) is 0 Å². The molecule has 0 bridgehead atoms. The summed E-state index contributed by atoms with van der Waals surface area (Å²) >= 11 is 4.49. The number of carbonyl (C=O) groups is 2. The van der Waals surface area contributed by atoms with Gasteiger partial charge in [-0.2, -0.15) is 0 Å². The van der Waals surface area contributed by atoms with Crippen LogP contribution >= 0.6 is 27.3 Å². The molecule has 0 aromatic carbocycles. The molecule has 0 aliphatic carbocycles. The third-order valence-electron chi connectivity index (χ3n) is 1.56. The number of anilines is 1. The number of halogens is 1. The van der Waals surface area contributed by atoms with Gasteiger partial charge in [-0.3, -0.25) is 10.1 Å². The van der Waals surface area contributed by atoms with Crippen molar-refractivity contribution in [3.05, 3.63) is 9.98 Å². The van der Waals surface area contributed by atoms with Gasteiger partial charge in [-0.25, -0.2) is 9.78 Å². The van der Waals surface area contributed by atoms with Gasteiger partial charge < -0.3 is 10.4 Å². The number of aliphatic carboxylic acids is 1. The molecule has 16 heavy (non-hydrogen) atoms. The fraction of sp³-hybridized carbons (Fsp3) is 0.375. The second-order valence-corrected chi connectivity index (χ2v) is 5.48. The van der Waals surface area contributed by atoms with E-state index in [9.17, 15) is 9.59 Å². The summed E-state index contributed by atoms with van der Waals surface area (Å²) in [5.74, 6) is -0.954. The molecule has 0 aliphatic heterocycles. The summed E-state index contributed by atoms with van der Waals surface area (Å²) in [6.45, 7) is 1.62. The Morgan fingerprint density at radius 3 is 2.88 bits per heavy atom. The summed E-state index contributed by atoms with van der Waals surface area (Å²) in [6, 6.07) is -0.892. The first-order valence-electron chi connectivity index (χ1n) is 4.38. The standard InChI is InChI=1S/C8H10BrN3O3S/c1-4(2-6(13)14)11-7(15)12-8-10-3-5(9)16-8/h3-4H,2H2,1H3,(H,13,14)(H2,10,11,12,15). The van der Waals surface area contributed by atoms with E-state index in [1.54, 1.807) is 13.1 Å². The minimum absolute atomic E-state index is 0.116. The van der Waals surface area contributed by atoms with Crippen LogP contribution in [0.25, 0.3) is 0 Å². The molecular weight excluding hydrogens is 298 g/mol. The van der Waals surface area contributed by atoms with Gasteiger partial charge in [-0.15, -0.1) is 0 Å². The molecule has 0 fully saturated rings. The Morgan fingerprint density at radius 1 is 1.69 bits per heavy atom. The Hall–Kier alpha value is -1.15. The fourth-order valence-electron chi connectivity index (χ4n) is 0.982. The van der Waals surface area contributed by atoms with E-state index in [2.05, 4.69) is 31.5 Å². The molecule has 0 aliphatic rings. The zero-order valence-electron chi connectivity index (χ0n) is 8.36. The van der Waals surface area contributed by atoms with Crippen LogP contribution in [-0.4, -0.2) is 28.1 Å². The predicted octanol–water partition coefficient (Wildman–Crippen LogP) is 1.89. The molecule has 1 atom stereocenters. The number of hydrogen-bond acceptors (Lipinski definition) is 4. The van der Waals surface area contributed by atoms with Crippen LogP contribution < -0.4 is 10.6 Å². The lowest BCUT2D eigenvalue weighted by molar-refractivity contribution is -0.137. The van der Waals surface area contributed by atoms with Crippen LogP contribution in [0, 0.1) is 0 Å². The molecule has 0 saturated carbocycles. The van der Waals surface area contributed by atoms with Crippen molar-refractivity contribution in [2.75, 3.05) is 5.32 Å². The number of aromatic nitrogens is 1. The van der Waals surface area contributed by atoms with E-state index < -0.39 is 18.0 Å². The minimum Gasteiger partial charge on any atom is -0.481 e. The average molecular weight is 308 g/mol. The zero-order valence-corrected chi connectivity index (χ0v) is 10.8. The number of hydrogen-bond donors (Lipinski definition) is 3. The zero-order chi connectivity index (χ0) is 12.1. The maximum absolute atomic E-state index is 11.3. The number of nitrogens with zero attached hydrogens (tertiary/aromatic N) is 1. The van der Waals surface area contributed by atoms with Gasteiger partial charge in [0.2, 0.25) is 0 Å². The number of carboxylic acids is 1. The van der Waals surface area contributed by atoms with Crippen molar-refractivity contribution in [2.45, 2.75) is 19.4 Å². The molecule has 0 radical (unpaired) electrons. The molecule has 0 saturated heterocycles. The lowest BCUT2D eigenvalue weighted by Gasteiger charge is -2.10. The van der Waals surface area contributed by atoms with Gasteiger partial charge in [-0.1, -0.05) is 11.3 Å². The molecule has 6 nitrogen and oxygen atoms in total. The SMILES string of the molecule is CC(CC(=O)O)NC(=O)Nc1ncc(Br)s1. The highest BCUT2D eigenvalue weighted by atomic mass is 79.9. The van der Waals surface area contributed by atoms with Crippen LogP contribution in [0.4, 0.5) is 9.93 Å². The van der Waals surface area contributed by atoms with E-state index >= 15 is 0 Å². The summed E-state index contributed by atoms with van der Waals surface area (Å²) in [7, 11) is 0. The Bertz CT molecular complexity index is 396. The van der Waals surface area contributed by atoms with E-state index in [1.807, 2.05) is 0 Å². The maximum atomic E-state index is 11.3. The minimum atomic E-state index is -0.954. The fourth-order valence-corrected chi connectivity index (χ4v) is 2.08. The highest BCUT2D eigenvalue weighted by molar-refractivity contribution is 9.11. The van der Waals surface area contributed by atoms with Crippen molar-refractivity contribution in [3.63, 3.8) is 0 Å². The molecule has 2 amide bonds. The number of nitrogens with one attached hydrogen (secondary N) is 2. The molecule has 1 rings (SSSR count). The number of thiazole rings is 1. The van der Waals surface area contributed by atoms with Gasteiger partial charge in [0.25, 0.3) is 0 Å². The Balaban J connectivity index is 2.38. The molecule has 0 spiro atoms. The topological polar surface area (TPSA) is 91.3 Å². The van der Waals surface area contributed by atoms with Crippen LogP contribution in [0.5, 0.6) is 0 Å². The average Bonchev–Trinajstić information content (AvgIpc) is 2.48. The second kappa shape index (κ2) is 5.80. The van der Waals surface area contributed by atoms with Crippen LogP contribution in [0.2, 0.25) is 0 Å². The van der Waals surface area contributed by atoms with Gasteiger partial charge in [0.15, 0.2) is 5.13 Å². The first-order valence-corrected chi connectivity index (χ1v) is 5.99. The number of rotatable bonds is 4. The summed E-state index contributed by atoms with van der Waals surface area (Å²) in [6.07, 6.45) is 1.45. The van der Waals surface area contributed by atoms with Crippen molar-refractivity contribution in [1.82, 2.24) is 10.3 Å². The highest BCUT2D eigenvalue weighted by Crippen LogP contribution is 2.22. The smallest absolute Gasteiger partial charge is 0.321 e. The van der Waals surface area contributed by atoms with E-state index in [-0.39, 0.29) is 6.42 Å². The Labute approximate surface area is 104 Å². The monoisotopic (exact) mass is 307 g/mol. The molecule has 88 valence electrons. The lowest BCUT2D eigenvalue weighted by Crippen LogP contribution is -2.37. The largest absolute Gasteiger partial charge is 0.481 e. The molecule has 1 unspecified atom stereocenters. The normalized spacial score (nSPS) is 11.9. The summed E-state index contributed by atoms with van der Waals surface area (Å²) in [5.41, 5.74) is 0. The quantitative estimate of drug-likeness (QED) is 0.792. The van der Waals surface area contributed by atoms with Crippen LogP contribution in [0.15, 0.2) is 9.98 Å². The van der Waals surface area contributed by atoms with Crippen LogP contribution in [-0.2, 0) is 4.79 Å². The van der Waals surface area contributed by atoms with Crippen molar-refractivity contribution in [1.29, 1.82) is 0 Å². The third-order valence-corrected chi connectivity index (χ3v) is 2.95. The Kier molecular flexibility index (Phi) is 4.69. The predicted molar refractivity (Wildman–Crippen MR) is 63.7 cm³/mol. The summed E-state index contributed by atoms with van der Waals surface area (Å²) < 4.78 is 0.807. The van der Waals surface area contributed by atoms with Crippen molar-refractivity contribution in [2.24, 2.45) is 0 Å². The highest BCUT2D eigenvalue weighted by Gasteiger charge is 2.11. The van der Waals surface area contributed by atoms with Gasteiger partial charge in [0, 0.05) is 6.04 Å². The Morgan fingerprint density at radius 2 is 2.38 bits per heavy atom. The molecule has 1 aromatic heterocycles. The van der Waals surface area contributed by atoms with Gasteiger partial charge >= 0.3 is 12.0 Å². The second-order valence-electron chi connectivity index (χ2n) is 3.07. The van der Waals surface area contributed by atoms with Crippen LogP contribution in [0.1, 0.15) is 13.3 Å². The number of amides is 2. The molecule has 8 heteroatoms. The first-order chi connectivity index (χ1) is 7.47. The van der Waals surface area contributed by atoms with Gasteiger partial charge in [0.05, 0.1) is 16.4 Å². The van der Waals surface area contributed by atoms with E-state index in [0.717, 1.165) is 3.79 Å². The molecular formula is C8H10BrN3O3S. The van der Waals surface area contributed by atoms with Crippen LogP contribution in [0.3, 0.4) is 0 Å². The first kappa shape index (κ1) is 12.9. The van der Waals surface area contributed by atoms with Gasteiger partial charge in [-0.05, 0) is 22.9 Å². The van der Waals surface area contributed by atoms with E-state index in [0.29, 0.717) is 5.13 Å². The molecule has 1 aromatic rings. The summed E-state index contributed by atoms with van der Waals surface area (Å²) in [4.78, 5) is 25.6. The summed E-state index contributed by atoms with van der Waals surface area (Å²) in [5, 5.41) is 13.9. The number of carbonyl (C=O) groups excluding carboxylic acids is 1. The van der Waals surface area contributed by atoms with Crippen molar-refractivity contribution >= 4 is 44.4 Å². The number of carboxylic acid groups (broad SMARTS) is 1. The molecule has 3 N–H and O–H groups in total. The van der Waals surface area contributed by atoms with E-state index in [1.165, 1.54) is 11.3 Å². The molecule has 1 heterocycles. The third kappa shape index (κ3) is 4.58. The maximum Gasteiger partial charge on any atom is 0.321 e. The number of urea groups is 1. The van der Waals surface area contributed by atoms with Crippen molar-refractivity contribution < 1.29 is 14.7 Å². The van der Waals surface area contributed by atoms with Crippen molar-refractivity contribution in [3.8, 4) is 0 Å².